The van der Waals surface area contributed by atoms with Gasteiger partial charge in [-0.25, -0.2) is 4.99 Å². The Balaban J connectivity index is 1.64. The van der Waals surface area contributed by atoms with E-state index in [9.17, 15) is 14.4 Å². The van der Waals surface area contributed by atoms with Crippen LogP contribution in [0.5, 0.6) is 0 Å². The number of amides is 1. The highest BCUT2D eigenvalue weighted by molar-refractivity contribution is 6.35. The molecule has 0 atom stereocenters. The molecule has 0 saturated carbocycles. The minimum absolute atomic E-state index is 0.0796. The summed E-state index contributed by atoms with van der Waals surface area (Å²) in [5.41, 5.74) is 3.11. The Morgan fingerprint density at radius 1 is 0.787 bits per heavy atom. The van der Waals surface area contributed by atoms with E-state index in [1.165, 1.54) is 77.7 Å². The number of unbranched alkanes of at least 4 members (excludes halogenated alkanes) is 11. The number of fused-ring (bicyclic) bond motifs is 1. The van der Waals surface area contributed by atoms with Gasteiger partial charge in [-0.2, -0.15) is 0 Å². The van der Waals surface area contributed by atoms with Gasteiger partial charge in [-0.1, -0.05) is 109 Å². The summed E-state index contributed by atoms with van der Waals surface area (Å²) in [6.07, 6.45) is 17.9. The van der Waals surface area contributed by atoms with Crippen molar-refractivity contribution in [3.8, 4) is 0 Å². The van der Waals surface area contributed by atoms with Gasteiger partial charge in [0, 0.05) is 30.4 Å². The molecule has 1 aliphatic carbocycles. The average molecular weight is 644 g/mol. The van der Waals surface area contributed by atoms with Gasteiger partial charge in [0.15, 0.2) is 5.78 Å². The topological polar surface area (TPSA) is 88.1 Å². The number of anilines is 1. The van der Waals surface area contributed by atoms with Crippen LogP contribution >= 0.6 is 0 Å². The van der Waals surface area contributed by atoms with Crippen LogP contribution < -0.4 is 10.2 Å². The van der Waals surface area contributed by atoms with Crippen molar-refractivity contribution < 1.29 is 19.1 Å². The molecule has 0 fully saturated rings. The summed E-state index contributed by atoms with van der Waals surface area (Å²) in [7, 11) is 1.52. The van der Waals surface area contributed by atoms with Crippen LogP contribution in [-0.2, 0) is 14.3 Å². The molecule has 0 saturated heterocycles. The van der Waals surface area contributed by atoms with Crippen LogP contribution in [0.4, 0.5) is 11.4 Å². The van der Waals surface area contributed by atoms with E-state index in [0.29, 0.717) is 30.0 Å². The first-order valence-corrected chi connectivity index (χ1v) is 17.9. The number of carbonyl (C=O) groups is 3. The molecule has 0 aromatic heterocycles. The number of hydrogen-bond donors (Lipinski definition) is 1. The number of nitrogens with zero attached hydrogens (tertiary/aromatic N) is 2. The van der Waals surface area contributed by atoms with Crippen molar-refractivity contribution in [2.24, 2.45) is 10.4 Å². The van der Waals surface area contributed by atoms with E-state index < -0.39 is 11.3 Å². The Morgan fingerprint density at radius 3 is 1.94 bits per heavy atom. The second-order valence-corrected chi connectivity index (χ2v) is 13.3. The number of carbonyl (C=O) groups excluding carboxylic acids is 3. The van der Waals surface area contributed by atoms with E-state index >= 15 is 0 Å². The summed E-state index contributed by atoms with van der Waals surface area (Å²) in [5.74, 6) is -0.887. The Morgan fingerprint density at radius 2 is 1.36 bits per heavy atom. The Hall–Kier alpha value is -3.74. The van der Waals surface area contributed by atoms with E-state index in [-0.39, 0.29) is 17.3 Å². The molecule has 1 N–H and O–H groups in total. The first kappa shape index (κ1) is 37.7. The van der Waals surface area contributed by atoms with Gasteiger partial charge in [0.2, 0.25) is 0 Å². The second kappa shape index (κ2) is 19.8. The molecule has 0 radical (unpaired) electrons. The minimum Gasteiger partial charge on any atom is -0.463 e. The average Bonchev–Trinajstić information content (AvgIpc) is 3.09. The molecule has 2 aromatic rings. The van der Waals surface area contributed by atoms with Crippen molar-refractivity contribution in [2.45, 2.75) is 111 Å². The van der Waals surface area contributed by atoms with E-state index in [1.54, 1.807) is 18.2 Å². The van der Waals surface area contributed by atoms with Crippen LogP contribution in [-0.4, -0.2) is 50.1 Å². The van der Waals surface area contributed by atoms with Gasteiger partial charge >= 0.3 is 5.97 Å². The lowest BCUT2D eigenvalue weighted by atomic mass is 9.88. The Kier molecular flexibility index (Phi) is 15.9. The molecular weight excluding hydrogens is 586 g/mol. The lowest BCUT2D eigenvalue weighted by molar-refractivity contribution is -0.153. The molecule has 47 heavy (non-hydrogen) atoms. The quantitative estimate of drug-likeness (QED) is 0.0833. The van der Waals surface area contributed by atoms with Crippen LogP contribution in [0, 0.1) is 5.41 Å². The van der Waals surface area contributed by atoms with E-state index in [4.69, 9.17) is 9.73 Å². The first-order chi connectivity index (χ1) is 22.7. The van der Waals surface area contributed by atoms with Crippen molar-refractivity contribution >= 4 is 34.7 Å². The number of ether oxygens (including phenoxy) is 1. The number of nitrogens with one attached hydrogen (secondary N) is 1. The van der Waals surface area contributed by atoms with Gasteiger partial charge in [0.05, 0.1) is 28.9 Å². The highest BCUT2D eigenvalue weighted by Crippen LogP contribution is 2.27. The zero-order valence-electron chi connectivity index (χ0n) is 29.5. The molecule has 2 aromatic carbocycles. The van der Waals surface area contributed by atoms with Gasteiger partial charge in [-0.05, 0) is 57.0 Å². The standard InChI is InChI=1S/C40H57N3O4/c1-6-8-9-10-11-12-13-14-15-16-17-20-27-43(28-29-47-39(46)40(3,4)7-2)32-25-23-31(24-26-32)42-36-30-35(38(45)41-5)37(44)34-22-19-18-21-33(34)36/h18-19,21-26,30H,6-17,20,27-29H2,1-5H3,(H,41,45). The van der Waals surface area contributed by atoms with Crippen LogP contribution in [0.15, 0.2) is 65.2 Å². The lowest BCUT2D eigenvalue weighted by Gasteiger charge is -2.26. The van der Waals surface area contributed by atoms with Crippen molar-refractivity contribution in [3.63, 3.8) is 0 Å². The third kappa shape index (κ3) is 11.8. The lowest BCUT2D eigenvalue weighted by Crippen LogP contribution is -2.32. The first-order valence-electron chi connectivity index (χ1n) is 17.9. The summed E-state index contributed by atoms with van der Waals surface area (Å²) >= 11 is 0. The van der Waals surface area contributed by atoms with Crippen LogP contribution in [0.25, 0.3) is 0 Å². The van der Waals surface area contributed by atoms with Gasteiger partial charge in [0.25, 0.3) is 5.91 Å². The molecule has 3 rings (SSSR count). The molecule has 256 valence electrons. The molecule has 1 aliphatic rings. The minimum atomic E-state index is -0.490. The van der Waals surface area contributed by atoms with E-state index in [2.05, 4.69) is 17.1 Å². The number of esters is 1. The molecule has 7 heteroatoms. The predicted molar refractivity (Wildman–Crippen MR) is 194 cm³/mol. The number of rotatable bonds is 21. The zero-order chi connectivity index (χ0) is 34.1. The fourth-order valence-corrected chi connectivity index (χ4v) is 5.70. The Bertz CT molecular complexity index is 1360. The van der Waals surface area contributed by atoms with Crippen molar-refractivity contribution in [1.29, 1.82) is 0 Å². The molecular formula is C40H57N3O4. The van der Waals surface area contributed by atoms with Gasteiger partial charge < -0.3 is 15.0 Å². The fourth-order valence-electron chi connectivity index (χ4n) is 5.70. The van der Waals surface area contributed by atoms with Gasteiger partial charge in [0.1, 0.15) is 6.61 Å². The van der Waals surface area contributed by atoms with Gasteiger partial charge in [-0.3, -0.25) is 14.4 Å². The van der Waals surface area contributed by atoms with Crippen LogP contribution in [0.3, 0.4) is 0 Å². The third-order valence-electron chi connectivity index (χ3n) is 9.22. The number of hydrogen-bond acceptors (Lipinski definition) is 6. The maximum atomic E-state index is 12.9. The second-order valence-electron chi connectivity index (χ2n) is 13.3. The number of likely N-dealkylation sites (N-methyl/N-ethyl adjacent to an activating group) is 1. The van der Waals surface area contributed by atoms with Crippen molar-refractivity contribution in [3.05, 3.63) is 71.3 Å². The number of benzene rings is 2. The number of ketones is 1. The number of Topliss-reactive ketones (excluding diaryl/α,β-unsaturated/α-hetero) is 1. The van der Waals surface area contributed by atoms with Crippen LogP contribution in [0.2, 0.25) is 0 Å². The SMILES string of the molecule is CCCCCCCCCCCCCCN(CCOC(=O)C(C)(C)CC)c1ccc(N=C2C=C(C(=O)NC)C(=O)c3ccccc32)cc1. The zero-order valence-corrected chi connectivity index (χ0v) is 29.5. The fraction of sp³-hybridized carbons (Fsp3) is 0.550. The van der Waals surface area contributed by atoms with E-state index in [0.717, 1.165) is 30.8 Å². The predicted octanol–water partition coefficient (Wildman–Crippen LogP) is 9.16. The molecule has 0 bridgehead atoms. The van der Waals surface area contributed by atoms with E-state index in [1.807, 2.05) is 57.2 Å². The monoisotopic (exact) mass is 643 g/mol. The van der Waals surface area contributed by atoms with Crippen molar-refractivity contribution in [2.75, 3.05) is 31.6 Å². The maximum Gasteiger partial charge on any atom is 0.311 e. The summed E-state index contributed by atoms with van der Waals surface area (Å²) in [6.45, 7) is 9.95. The maximum absolute atomic E-state index is 12.9. The summed E-state index contributed by atoms with van der Waals surface area (Å²) in [5, 5.41) is 2.56. The normalized spacial score (nSPS) is 13.7. The van der Waals surface area contributed by atoms with Gasteiger partial charge in [-0.15, -0.1) is 0 Å². The highest BCUT2D eigenvalue weighted by atomic mass is 16.5. The molecule has 0 unspecified atom stereocenters. The Labute approximate surface area is 283 Å². The number of allylic oxidation sites excluding steroid dienone is 1. The van der Waals surface area contributed by atoms with Crippen molar-refractivity contribution in [1.82, 2.24) is 5.32 Å². The van der Waals surface area contributed by atoms with Crippen LogP contribution in [0.1, 0.15) is 127 Å². The molecule has 0 spiro atoms. The third-order valence-corrected chi connectivity index (χ3v) is 9.22. The molecule has 0 heterocycles. The number of aliphatic imine (C=N–C) groups is 1. The molecule has 7 nitrogen and oxygen atoms in total. The summed E-state index contributed by atoms with van der Waals surface area (Å²) in [6, 6.07) is 15.2. The smallest absolute Gasteiger partial charge is 0.311 e. The highest BCUT2D eigenvalue weighted by Gasteiger charge is 2.28. The summed E-state index contributed by atoms with van der Waals surface area (Å²) < 4.78 is 5.70. The summed E-state index contributed by atoms with van der Waals surface area (Å²) in [4.78, 5) is 45.1. The molecule has 0 aliphatic heterocycles. The molecule has 1 amide bonds. The largest absolute Gasteiger partial charge is 0.463 e.